The molecule has 1 aliphatic rings. The number of hydrogen-bond donors (Lipinski definition) is 1. The molecule has 0 aliphatic carbocycles. The molecule has 2 aromatic rings. The molecule has 5 heteroatoms. The Morgan fingerprint density at radius 2 is 2.12 bits per heavy atom. The molecule has 1 unspecified atom stereocenters. The Hall–Kier alpha value is -2.43. The first-order chi connectivity index (χ1) is 11.4. The highest BCUT2D eigenvalue weighted by Crippen LogP contribution is 2.40. The molecule has 0 fully saturated rings. The molecule has 0 bridgehead atoms. The molecular formula is C19H21FN2O2. The number of halogens is 1. The summed E-state index contributed by atoms with van der Waals surface area (Å²) in [4.78, 5) is 16.0. The fraction of sp³-hybridized carbons (Fsp3) is 0.368. The average Bonchev–Trinajstić information content (AvgIpc) is 2.54. The van der Waals surface area contributed by atoms with E-state index in [9.17, 15) is 9.18 Å². The summed E-state index contributed by atoms with van der Waals surface area (Å²) in [6.45, 7) is 4.58. The van der Waals surface area contributed by atoms with Gasteiger partial charge in [0, 0.05) is 18.7 Å². The van der Waals surface area contributed by atoms with Gasteiger partial charge in [-0.05, 0) is 44.0 Å². The maximum atomic E-state index is 13.6. The van der Waals surface area contributed by atoms with Crippen LogP contribution in [0.2, 0.25) is 0 Å². The van der Waals surface area contributed by atoms with Gasteiger partial charge in [0.2, 0.25) is 5.91 Å². The fourth-order valence-corrected chi connectivity index (χ4v) is 3.14. The number of benzene rings is 1. The molecule has 1 N–H and O–H groups in total. The van der Waals surface area contributed by atoms with Gasteiger partial charge in [-0.25, -0.2) is 4.39 Å². The molecule has 2 heterocycles. The standard InChI is InChI=1S/C19H21FN2O2/c1-19(2)11-13(14-6-3-4-8-17(14)24-19)12-22-18(23)10-16-15(20)7-5-9-21-16/h3-9,13H,10-12H2,1-2H3,(H,22,23). The predicted molar refractivity (Wildman–Crippen MR) is 89.4 cm³/mol. The molecule has 24 heavy (non-hydrogen) atoms. The summed E-state index contributed by atoms with van der Waals surface area (Å²) in [6.07, 6.45) is 2.24. The molecule has 1 amide bonds. The number of ether oxygens (including phenoxy) is 1. The summed E-state index contributed by atoms with van der Waals surface area (Å²) in [5.41, 5.74) is 0.987. The second-order valence-electron chi connectivity index (χ2n) is 6.71. The van der Waals surface area contributed by atoms with Crippen molar-refractivity contribution in [3.05, 3.63) is 59.7 Å². The topological polar surface area (TPSA) is 51.2 Å². The van der Waals surface area contributed by atoms with Gasteiger partial charge in [-0.1, -0.05) is 18.2 Å². The van der Waals surface area contributed by atoms with E-state index >= 15 is 0 Å². The van der Waals surface area contributed by atoms with Crippen molar-refractivity contribution < 1.29 is 13.9 Å². The number of rotatable bonds is 4. The first-order valence-corrected chi connectivity index (χ1v) is 8.09. The summed E-state index contributed by atoms with van der Waals surface area (Å²) in [5.74, 6) is 0.353. The molecule has 126 valence electrons. The second-order valence-corrected chi connectivity index (χ2v) is 6.71. The molecule has 3 rings (SSSR count). The van der Waals surface area contributed by atoms with Crippen LogP contribution in [0.25, 0.3) is 0 Å². The van der Waals surface area contributed by atoms with E-state index in [1.165, 1.54) is 18.3 Å². The number of amides is 1. The number of nitrogens with one attached hydrogen (secondary N) is 1. The quantitative estimate of drug-likeness (QED) is 0.937. The van der Waals surface area contributed by atoms with Crippen molar-refractivity contribution >= 4 is 5.91 Å². The molecule has 1 atom stereocenters. The number of para-hydroxylation sites is 1. The lowest BCUT2D eigenvalue weighted by Crippen LogP contribution is -2.39. The Kier molecular flexibility index (Phi) is 4.51. The molecule has 0 radical (unpaired) electrons. The Bertz CT molecular complexity index is 746. The Morgan fingerprint density at radius 3 is 2.92 bits per heavy atom. The van der Waals surface area contributed by atoms with E-state index in [0.29, 0.717) is 6.54 Å². The molecule has 0 saturated carbocycles. The van der Waals surface area contributed by atoms with Gasteiger partial charge < -0.3 is 10.1 Å². The summed E-state index contributed by atoms with van der Waals surface area (Å²) < 4.78 is 19.6. The lowest BCUT2D eigenvalue weighted by Gasteiger charge is -2.37. The minimum atomic E-state index is -0.454. The van der Waals surface area contributed by atoms with Crippen molar-refractivity contribution in [2.45, 2.75) is 38.2 Å². The van der Waals surface area contributed by atoms with E-state index in [1.807, 2.05) is 38.1 Å². The van der Waals surface area contributed by atoms with Gasteiger partial charge in [0.15, 0.2) is 0 Å². The lowest BCUT2D eigenvalue weighted by atomic mass is 9.84. The van der Waals surface area contributed by atoms with E-state index in [-0.39, 0.29) is 29.5 Å². The number of nitrogens with zero attached hydrogens (tertiary/aromatic N) is 1. The van der Waals surface area contributed by atoms with E-state index in [2.05, 4.69) is 10.3 Å². The van der Waals surface area contributed by atoms with Crippen LogP contribution < -0.4 is 10.1 Å². The first-order valence-electron chi connectivity index (χ1n) is 8.09. The molecule has 1 aromatic heterocycles. The number of hydrogen-bond acceptors (Lipinski definition) is 3. The van der Waals surface area contributed by atoms with Gasteiger partial charge >= 0.3 is 0 Å². The summed E-state index contributed by atoms with van der Waals surface area (Å²) in [7, 11) is 0. The predicted octanol–water partition coefficient (Wildman–Crippen LogP) is 3.22. The maximum Gasteiger partial charge on any atom is 0.226 e. The van der Waals surface area contributed by atoms with Crippen molar-refractivity contribution in [2.75, 3.05) is 6.54 Å². The largest absolute Gasteiger partial charge is 0.488 e. The van der Waals surface area contributed by atoms with Crippen LogP contribution >= 0.6 is 0 Å². The summed E-state index contributed by atoms with van der Waals surface area (Å²) in [5, 5.41) is 2.91. The zero-order valence-electron chi connectivity index (χ0n) is 13.9. The van der Waals surface area contributed by atoms with Gasteiger partial charge in [0.1, 0.15) is 17.2 Å². The van der Waals surface area contributed by atoms with Gasteiger partial charge in [0.25, 0.3) is 0 Å². The van der Waals surface area contributed by atoms with Crippen LogP contribution in [-0.2, 0) is 11.2 Å². The van der Waals surface area contributed by atoms with Crippen molar-refractivity contribution in [1.29, 1.82) is 0 Å². The highest BCUT2D eigenvalue weighted by Gasteiger charge is 2.33. The van der Waals surface area contributed by atoms with Crippen molar-refractivity contribution in [1.82, 2.24) is 10.3 Å². The van der Waals surface area contributed by atoms with E-state index < -0.39 is 5.82 Å². The Morgan fingerprint density at radius 1 is 1.33 bits per heavy atom. The smallest absolute Gasteiger partial charge is 0.226 e. The van der Waals surface area contributed by atoms with Crippen LogP contribution in [0.1, 0.15) is 37.4 Å². The third-order valence-corrected chi connectivity index (χ3v) is 4.19. The SMILES string of the molecule is CC1(C)CC(CNC(=O)Cc2ncccc2F)c2ccccc2O1. The Balaban J connectivity index is 1.66. The van der Waals surface area contributed by atoms with Gasteiger partial charge in [-0.2, -0.15) is 0 Å². The second kappa shape index (κ2) is 6.59. The summed E-state index contributed by atoms with van der Waals surface area (Å²) >= 11 is 0. The third kappa shape index (κ3) is 3.72. The average molecular weight is 328 g/mol. The van der Waals surface area contributed by atoms with Crippen molar-refractivity contribution in [3.63, 3.8) is 0 Å². The number of fused-ring (bicyclic) bond motifs is 1. The van der Waals surface area contributed by atoms with Crippen molar-refractivity contribution in [3.8, 4) is 5.75 Å². The monoisotopic (exact) mass is 328 g/mol. The van der Waals surface area contributed by atoms with Crippen molar-refractivity contribution in [2.24, 2.45) is 0 Å². The van der Waals surface area contributed by atoms with Crippen LogP contribution in [0.4, 0.5) is 4.39 Å². The zero-order valence-corrected chi connectivity index (χ0v) is 13.9. The first kappa shape index (κ1) is 16.4. The highest BCUT2D eigenvalue weighted by molar-refractivity contribution is 5.78. The van der Waals surface area contributed by atoms with Gasteiger partial charge in [-0.3, -0.25) is 9.78 Å². The normalized spacial score (nSPS) is 18.4. The molecule has 4 nitrogen and oxygen atoms in total. The molecule has 0 saturated heterocycles. The zero-order chi connectivity index (χ0) is 17.2. The molecule has 1 aliphatic heterocycles. The van der Waals surface area contributed by atoms with Crippen LogP contribution in [-0.4, -0.2) is 23.0 Å². The fourth-order valence-electron chi connectivity index (χ4n) is 3.14. The molecular weight excluding hydrogens is 307 g/mol. The van der Waals surface area contributed by atoms with E-state index in [0.717, 1.165) is 17.7 Å². The Labute approximate surface area is 141 Å². The van der Waals surface area contributed by atoms with Crippen LogP contribution in [0, 0.1) is 5.82 Å². The number of carbonyl (C=O) groups excluding carboxylic acids is 1. The number of pyridine rings is 1. The van der Waals surface area contributed by atoms with E-state index in [4.69, 9.17) is 4.74 Å². The molecule has 1 aromatic carbocycles. The third-order valence-electron chi connectivity index (χ3n) is 4.19. The van der Waals surface area contributed by atoms with Crippen LogP contribution in [0.3, 0.4) is 0 Å². The van der Waals surface area contributed by atoms with Gasteiger partial charge in [-0.15, -0.1) is 0 Å². The van der Waals surface area contributed by atoms with Crippen LogP contribution in [0.15, 0.2) is 42.6 Å². The highest BCUT2D eigenvalue weighted by atomic mass is 19.1. The van der Waals surface area contributed by atoms with Crippen LogP contribution in [0.5, 0.6) is 5.75 Å². The minimum Gasteiger partial charge on any atom is -0.488 e. The van der Waals surface area contributed by atoms with Gasteiger partial charge in [0.05, 0.1) is 12.1 Å². The maximum absolute atomic E-state index is 13.6. The van der Waals surface area contributed by atoms with E-state index in [1.54, 1.807) is 0 Å². The molecule has 0 spiro atoms. The number of aromatic nitrogens is 1. The minimum absolute atomic E-state index is 0.0546. The summed E-state index contributed by atoms with van der Waals surface area (Å²) in [6, 6.07) is 10.7. The number of carbonyl (C=O) groups is 1. The lowest BCUT2D eigenvalue weighted by molar-refractivity contribution is -0.120.